The Morgan fingerprint density at radius 1 is 0.609 bits per heavy atom. The lowest BCUT2D eigenvalue weighted by atomic mass is 10.3. The second-order valence-electron chi connectivity index (χ2n) is 5.01. The lowest BCUT2D eigenvalue weighted by molar-refractivity contribution is 1.52. The molecule has 0 spiro atoms. The lowest BCUT2D eigenvalue weighted by Gasteiger charge is -1.91. The van der Waals surface area contributed by atoms with Gasteiger partial charge in [0.05, 0.1) is 0 Å². The molecule has 4 rings (SSSR count). The van der Waals surface area contributed by atoms with Crippen molar-refractivity contribution in [1.82, 2.24) is 0 Å². The third-order valence-corrected chi connectivity index (χ3v) is 8.15. The molecule has 4 heterocycles. The topological polar surface area (TPSA) is 23.8 Å². The quantitative estimate of drug-likeness (QED) is 0.377. The summed E-state index contributed by atoms with van der Waals surface area (Å²) in [5, 5.41) is 8.96. The van der Waals surface area contributed by atoms with Gasteiger partial charge in [-0.15, -0.1) is 45.3 Å². The Morgan fingerprint density at radius 2 is 1.04 bits per heavy atom. The van der Waals surface area contributed by atoms with E-state index in [-0.39, 0.29) is 0 Å². The van der Waals surface area contributed by atoms with Crippen molar-refractivity contribution >= 4 is 45.3 Å². The van der Waals surface area contributed by atoms with Crippen molar-refractivity contribution in [2.45, 2.75) is 6.92 Å². The molecular weight excluding hydrogens is 358 g/mol. The van der Waals surface area contributed by atoms with Crippen LogP contribution < -0.4 is 0 Å². The predicted octanol–water partition coefficient (Wildman–Crippen LogP) is 7.11. The molecule has 4 aromatic rings. The molecule has 0 unspecified atom stereocenters. The molecule has 5 heteroatoms. The number of nitrogens with zero attached hydrogens (tertiary/aromatic N) is 1. The van der Waals surface area contributed by atoms with Crippen molar-refractivity contribution in [1.29, 1.82) is 5.26 Å². The molecule has 0 aliphatic rings. The molecule has 0 fully saturated rings. The summed E-state index contributed by atoms with van der Waals surface area (Å²) in [5.41, 5.74) is 0. The first-order chi connectivity index (χ1) is 11.2. The molecule has 4 aromatic heterocycles. The van der Waals surface area contributed by atoms with Crippen molar-refractivity contribution in [3.63, 3.8) is 0 Å². The zero-order chi connectivity index (χ0) is 15.8. The van der Waals surface area contributed by atoms with Crippen molar-refractivity contribution < 1.29 is 0 Å². The Hall–Kier alpha value is -1.71. The summed E-state index contributed by atoms with van der Waals surface area (Å²) in [7, 11) is 0. The van der Waals surface area contributed by atoms with Gasteiger partial charge in [0.1, 0.15) is 10.9 Å². The maximum atomic E-state index is 8.96. The summed E-state index contributed by atoms with van der Waals surface area (Å²) in [4.78, 5) is 9.77. The smallest absolute Gasteiger partial charge is 0.110 e. The highest BCUT2D eigenvalue weighted by Crippen LogP contribution is 2.42. The van der Waals surface area contributed by atoms with Crippen LogP contribution >= 0.6 is 45.3 Å². The van der Waals surface area contributed by atoms with Gasteiger partial charge in [-0.25, -0.2) is 0 Å². The van der Waals surface area contributed by atoms with E-state index in [9.17, 15) is 0 Å². The second-order valence-corrected chi connectivity index (χ2v) is 9.55. The van der Waals surface area contributed by atoms with Crippen molar-refractivity contribution in [2.75, 3.05) is 0 Å². The SMILES string of the molecule is Cc1ccc(-c2ccc(-c3ccc(-c4ccc(C#N)s4)s3)s2)s1. The summed E-state index contributed by atoms with van der Waals surface area (Å²) >= 11 is 7.03. The predicted molar refractivity (Wildman–Crippen MR) is 104 cm³/mol. The standard InChI is InChI=1S/C18H11NS4/c1-11-2-4-13(20-11)15-6-8-17(22-15)18-9-7-16(23-18)14-5-3-12(10-19)21-14/h2-9H,1H3. The van der Waals surface area contributed by atoms with E-state index in [1.165, 1.54) is 34.1 Å². The lowest BCUT2D eigenvalue weighted by Crippen LogP contribution is -1.58. The molecule has 0 saturated carbocycles. The first-order valence-electron chi connectivity index (χ1n) is 7.00. The van der Waals surface area contributed by atoms with Crippen molar-refractivity contribution in [2.24, 2.45) is 0 Å². The van der Waals surface area contributed by atoms with Gasteiger partial charge in [0.25, 0.3) is 0 Å². The minimum atomic E-state index is 0.765. The van der Waals surface area contributed by atoms with Crippen molar-refractivity contribution in [3.05, 3.63) is 58.3 Å². The van der Waals surface area contributed by atoms with Gasteiger partial charge in [-0.2, -0.15) is 5.26 Å². The average molecular weight is 370 g/mol. The summed E-state index contributed by atoms with van der Waals surface area (Å²) in [5.74, 6) is 0. The normalized spacial score (nSPS) is 10.8. The second kappa shape index (κ2) is 6.06. The van der Waals surface area contributed by atoms with Gasteiger partial charge >= 0.3 is 0 Å². The molecule has 0 atom stereocenters. The molecule has 0 amide bonds. The minimum absolute atomic E-state index is 0.765. The van der Waals surface area contributed by atoms with Crippen LogP contribution in [-0.2, 0) is 0 Å². The van der Waals surface area contributed by atoms with E-state index in [4.69, 9.17) is 5.26 Å². The molecule has 1 nitrogen and oxygen atoms in total. The zero-order valence-corrected chi connectivity index (χ0v) is 15.5. The van der Waals surface area contributed by atoms with Crippen LogP contribution in [0.3, 0.4) is 0 Å². The number of hydrogen-bond donors (Lipinski definition) is 0. The first-order valence-corrected chi connectivity index (χ1v) is 10.3. The van der Waals surface area contributed by atoms with Gasteiger partial charge in [0.15, 0.2) is 0 Å². The highest BCUT2D eigenvalue weighted by molar-refractivity contribution is 7.28. The van der Waals surface area contributed by atoms with Crippen LogP contribution in [0.2, 0.25) is 0 Å². The summed E-state index contributed by atoms with van der Waals surface area (Å²) in [6.45, 7) is 2.14. The Labute approximate surface area is 150 Å². The highest BCUT2D eigenvalue weighted by atomic mass is 32.1. The van der Waals surface area contributed by atoms with Crippen molar-refractivity contribution in [3.8, 4) is 35.3 Å². The fourth-order valence-corrected chi connectivity index (χ4v) is 6.26. The van der Waals surface area contributed by atoms with E-state index in [2.05, 4.69) is 49.4 Å². The number of rotatable bonds is 3. The maximum Gasteiger partial charge on any atom is 0.110 e. The molecule has 23 heavy (non-hydrogen) atoms. The van der Waals surface area contributed by atoms with Crippen LogP contribution in [0, 0.1) is 18.3 Å². The Kier molecular flexibility index (Phi) is 3.92. The zero-order valence-electron chi connectivity index (χ0n) is 12.2. The van der Waals surface area contributed by atoms with E-state index in [0.29, 0.717) is 0 Å². The molecular formula is C18H11NS4. The fourth-order valence-electron chi connectivity index (χ4n) is 2.30. The summed E-state index contributed by atoms with van der Waals surface area (Å²) < 4.78 is 0. The van der Waals surface area contributed by atoms with E-state index < -0.39 is 0 Å². The van der Waals surface area contributed by atoms with Crippen LogP contribution in [0.5, 0.6) is 0 Å². The van der Waals surface area contributed by atoms with Gasteiger partial charge < -0.3 is 0 Å². The molecule has 0 aromatic carbocycles. The van der Waals surface area contributed by atoms with Crippen LogP contribution in [-0.4, -0.2) is 0 Å². The molecule has 112 valence electrons. The largest absolute Gasteiger partial charge is 0.192 e. The minimum Gasteiger partial charge on any atom is -0.192 e. The Balaban J connectivity index is 1.64. The highest BCUT2D eigenvalue weighted by Gasteiger charge is 2.11. The van der Waals surface area contributed by atoms with Gasteiger partial charge in [-0.3, -0.25) is 0 Å². The van der Waals surface area contributed by atoms with E-state index in [1.807, 2.05) is 34.8 Å². The molecule has 0 aliphatic heterocycles. The Morgan fingerprint density at radius 3 is 1.48 bits per heavy atom. The van der Waals surface area contributed by atoms with Crippen LogP contribution in [0.25, 0.3) is 29.3 Å². The average Bonchev–Trinajstić information content (AvgIpc) is 3.32. The van der Waals surface area contributed by atoms with Gasteiger partial charge in [0, 0.05) is 34.1 Å². The summed E-state index contributed by atoms with van der Waals surface area (Å²) in [6.07, 6.45) is 0. The van der Waals surface area contributed by atoms with E-state index >= 15 is 0 Å². The number of aryl methyl sites for hydroxylation is 1. The monoisotopic (exact) mass is 369 g/mol. The van der Waals surface area contributed by atoms with Crippen LogP contribution in [0.15, 0.2) is 48.5 Å². The van der Waals surface area contributed by atoms with E-state index in [1.54, 1.807) is 22.7 Å². The molecule has 0 radical (unpaired) electrons. The number of hydrogen-bond acceptors (Lipinski definition) is 5. The van der Waals surface area contributed by atoms with Gasteiger partial charge in [-0.1, -0.05) is 0 Å². The summed E-state index contributed by atoms with van der Waals surface area (Å²) in [6, 6.07) is 19.3. The van der Waals surface area contributed by atoms with Gasteiger partial charge in [-0.05, 0) is 55.5 Å². The molecule has 0 saturated heterocycles. The first kappa shape index (κ1) is 14.9. The van der Waals surface area contributed by atoms with Crippen LogP contribution in [0.4, 0.5) is 0 Å². The molecule has 0 N–H and O–H groups in total. The molecule has 0 bridgehead atoms. The third-order valence-electron chi connectivity index (χ3n) is 3.40. The third kappa shape index (κ3) is 2.91. The molecule has 0 aliphatic carbocycles. The van der Waals surface area contributed by atoms with E-state index in [0.717, 1.165) is 4.88 Å². The van der Waals surface area contributed by atoms with Crippen LogP contribution in [0.1, 0.15) is 9.75 Å². The Bertz CT molecular complexity index is 1010. The number of nitriles is 1. The van der Waals surface area contributed by atoms with Gasteiger partial charge in [0.2, 0.25) is 0 Å². The maximum absolute atomic E-state index is 8.96. The fraction of sp³-hybridized carbons (Fsp3) is 0.0556. The number of thiophene rings is 4.